The lowest BCUT2D eigenvalue weighted by atomic mass is 10.0. The number of hydrogen-bond donors (Lipinski definition) is 6. The van der Waals surface area contributed by atoms with Crippen molar-refractivity contribution in [2.24, 2.45) is 10.3 Å². The maximum Gasteiger partial charge on any atom is 0.373 e. The van der Waals surface area contributed by atoms with Crippen molar-refractivity contribution in [3.63, 3.8) is 0 Å². The number of rotatable bonds is 17. The smallest absolute Gasteiger partial charge is 0.373 e. The summed E-state index contributed by atoms with van der Waals surface area (Å²) in [6.07, 6.45) is 11.7. The molecule has 12 heteroatoms. The third-order valence-electron chi connectivity index (χ3n) is 4.45. The highest BCUT2D eigenvalue weighted by Crippen LogP contribution is 2.39. The fraction of sp³-hybridized carbons (Fsp3) is 0.875. The molecule has 10 nitrogen and oxygen atoms in total. The summed E-state index contributed by atoms with van der Waals surface area (Å²) in [6.45, 7) is 0. The molecule has 0 aromatic heterocycles. The van der Waals surface area contributed by atoms with Gasteiger partial charge in [0.1, 0.15) is 0 Å². The van der Waals surface area contributed by atoms with Gasteiger partial charge in [-0.3, -0.25) is 9.13 Å². The summed E-state index contributed by atoms with van der Waals surface area (Å²) in [7, 11) is -8.85. The zero-order chi connectivity index (χ0) is 21.5. The third kappa shape index (κ3) is 14.3. The first-order valence-corrected chi connectivity index (χ1v) is 12.9. The molecule has 0 saturated carbocycles. The minimum atomic E-state index is -4.43. The highest BCUT2D eigenvalue weighted by molar-refractivity contribution is 7.70. The molecule has 0 atom stereocenters. The van der Waals surface area contributed by atoms with Gasteiger partial charge in [0.05, 0.1) is 0 Å². The van der Waals surface area contributed by atoms with Crippen LogP contribution in [-0.2, 0) is 9.13 Å². The molecule has 0 fully saturated rings. The van der Waals surface area contributed by atoms with E-state index >= 15 is 0 Å². The van der Waals surface area contributed by atoms with E-state index in [2.05, 4.69) is 10.3 Å². The van der Waals surface area contributed by atoms with Gasteiger partial charge in [0.2, 0.25) is 0 Å². The molecule has 0 amide bonds. The molecule has 28 heavy (non-hydrogen) atoms. The molecule has 0 unspecified atom stereocenters. The topological polar surface area (TPSA) is 180 Å². The Morgan fingerprint density at radius 3 is 0.893 bits per heavy atom. The molecular weight excluding hydrogens is 410 g/mol. The van der Waals surface area contributed by atoms with Gasteiger partial charge in [0.15, 0.2) is 10.9 Å². The monoisotopic (exact) mass is 444 g/mol. The second-order valence-electron chi connectivity index (χ2n) is 6.86. The predicted molar refractivity (Wildman–Crippen MR) is 107 cm³/mol. The summed E-state index contributed by atoms with van der Waals surface area (Å²) in [6, 6.07) is 0. The summed E-state index contributed by atoms with van der Waals surface area (Å²) in [5.74, 6) is 0. The van der Waals surface area contributed by atoms with Crippen LogP contribution in [0.5, 0.6) is 0 Å². The Bertz CT molecular complexity index is 521. The molecule has 0 aromatic carbocycles. The fourth-order valence-electron chi connectivity index (χ4n) is 2.84. The van der Waals surface area contributed by atoms with E-state index in [1.165, 1.54) is 0 Å². The van der Waals surface area contributed by atoms with Crippen LogP contribution in [0.3, 0.4) is 0 Å². The van der Waals surface area contributed by atoms with Crippen LogP contribution in [0.2, 0.25) is 0 Å². The normalized spacial score (nSPS) is 13.9. The maximum atomic E-state index is 11.0. The van der Waals surface area contributed by atoms with Crippen LogP contribution in [0.25, 0.3) is 0 Å². The summed E-state index contributed by atoms with van der Waals surface area (Å²) in [5, 5.41) is 22.5. The zero-order valence-electron chi connectivity index (χ0n) is 16.2. The van der Waals surface area contributed by atoms with E-state index in [-0.39, 0.29) is 12.8 Å². The summed E-state index contributed by atoms with van der Waals surface area (Å²) in [4.78, 5) is 35.6. The average Bonchev–Trinajstić information content (AvgIpc) is 2.59. The van der Waals surface area contributed by atoms with Crippen molar-refractivity contribution in [2.75, 3.05) is 0 Å². The SMILES string of the molecule is O=P(O)(O)C(CCCCCCCCCCCCCCC(=NO)P(=O)(O)O)=NO. The Hall–Kier alpha value is -0.760. The van der Waals surface area contributed by atoms with Crippen molar-refractivity contribution in [1.82, 2.24) is 0 Å². The average molecular weight is 444 g/mol. The molecular formula is C16H34N2O8P2. The maximum absolute atomic E-state index is 11.0. The largest absolute Gasteiger partial charge is 0.410 e. The first kappa shape index (κ1) is 27.2. The Labute approximate surface area is 166 Å². The summed E-state index contributed by atoms with van der Waals surface area (Å²) >= 11 is 0. The molecule has 166 valence electrons. The lowest BCUT2D eigenvalue weighted by Crippen LogP contribution is -1.99. The fourth-order valence-corrected chi connectivity index (χ4v) is 3.97. The van der Waals surface area contributed by atoms with Crippen LogP contribution in [0.4, 0.5) is 0 Å². The van der Waals surface area contributed by atoms with Crippen molar-refractivity contribution in [3.8, 4) is 0 Å². The predicted octanol–water partition coefficient (Wildman–Crippen LogP) is 4.38. The van der Waals surface area contributed by atoms with Gasteiger partial charge in [0, 0.05) is 12.8 Å². The molecule has 0 aliphatic rings. The van der Waals surface area contributed by atoms with Crippen molar-refractivity contribution in [1.29, 1.82) is 0 Å². The van der Waals surface area contributed by atoms with E-state index in [0.29, 0.717) is 12.8 Å². The Morgan fingerprint density at radius 2 is 0.714 bits per heavy atom. The van der Waals surface area contributed by atoms with Crippen LogP contribution in [0.1, 0.15) is 89.9 Å². The van der Waals surface area contributed by atoms with Gasteiger partial charge < -0.3 is 30.0 Å². The minimum Gasteiger partial charge on any atom is -0.410 e. The Balaban J connectivity index is 3.45. The highest BCUT2D eigenvalue weighted by Gasteiger charge is 2.23. The molecule has 0 radical (unpaired) electrons. The van der Waals surface area contributed by atoms with Crippen LogP contribution < -0.4 is 0 Å². The van der Waals surface area contributed by atoms with Gasteiger partial charge in [-0.25, -0.2) is 0 Å². The molecule has 0 saturated heterocycles. The lowest BCUT2D eigenvalue weighted by molar-refractivity contribution is 0.314. The standard InChI is InChI=1S/C16H34N2O8P2/c19-17-15(27(21,22)23)13-11-9-7-5-3-1-2-4-6-8-10-12-14-16(18-20)28(24,25)26/h19-20H,1-14H2,(H2,21,22,23)(H2,24,25,26). The number of hydrogen-bond acceptors (Lipinski definition) is 6. The van der Waals surface area contributed by atoms with E-state index in [4.69, 9.17) is 30.0 Å². The molecule has 0 aliphatic heterocycles. The summed E-state index contributed by atoms with van der Waals surface area (Å²) < 4.78 is 21.9. The van der Waals surface area contributed by atoms with Crippen molar-refractivity contribution in [3.05, 3.63) is 0 Å². The van der Waals surface area contributed by atoms with E-state index in [0.717, 1.165) is 64.2 Å². The van der Waals surface area contributed by atoms with Gasteiger partial charge in [-0.15, -0.1) is 0 Å². The van der Waals surface area contributed by atoms with Gasteiger partial charge in [-0.2, -0.15) is 0 Å². The lowest BCUT2D eigenvalue weighted by Gasteiger charge is -2.06. The quantitative estimate of drug-likeness (QED) is 0.0628. The molecule has 0 bridgehead atoms. The molecule has 0 aliphatic carbocycles. The Morgan fingerprint density at radius 1 is 0.500 bits per heavy atom. The highest BCUT2D eigenvalue weighted by atomic mass is 31.2. The van der Waals surface area contributed by atoms with E-state index in [9.17, 15) is 9.13 Å². The van der Waals surface area contributed by atoms with Gasteiger partial charge in [0.25, 0.3) is 0 Å². The van der Waals surface area contributed by atoms with E-state index in [1.54, 1.807) is 0 Å². The van der Waals surface area contributed by atoms with Gasteiger partial charge in [-0.1, -0.05) is 74.5 Å². The van der Waals surface area contributed by atoms with Crippen molar-refractivity contribution >= 4 is 26.1 Å². The molecule has 0 rings (SSSR count). The molecule has 0 aromatic rings. The second-order valence-corrected chi connectivity index (χ2v) is 10.1. The first-order chi connectivity index (χ1) is 13.1. The minimum absolute atomic E-state index is 0.112. The molecule has 6 N–H and O–H groups in total. The van der Waals surface area contributed by atoms with E-state index < -0.39 is 26.1 Å². The Kier molecular flexibility index (Phi) is 14.7. The summed E-state index contributed by atoms with van der Waals surface area (Å²) in [5.41, 5.74) is -0.900. The zero-order valence-corrected chi connectivity index (χ0v) is 18.0. The number of unbranched alkanes of at least 4 members (excludes halogenated alkanes) is 11. The van der Waals surface area contributed by atoms with Gasteiger partial charge >= 0.3 is 15.2 Å². The third-order valence-corrected chi connectivity index (χ3v) is 6.43. The molecule has 0 heterocycles. The van der Waals surface area contributed by atoms with Gasteiger partial charge in [-0.05, 0) is 12.8 Å². The van der Waals surface area contributed by atoms with Crippen molar-refractivity contribution in [2.45, 2.75) is 89.9 Å². The first-order valence-electron chi connectivity index (χ1n) is 9.67. The second kappa shape index (κ2) is 15.1. The van der Waals surface area contributed by atoms with Crippen LogP contribution in [-0.4, -0.2) is 40.9 Å². The van der Waals surface area contributed by atoms with Crippen LogP contribution in [0.15, 0.2) is 10.3 Å². The van der Waals surface area contributed by atoms with Crippen molar-refractivity contribution < 1.29 is 39.1 Å². The van der Waals surface area contributed by atoms with Crippen LogP contribution >= 0.6 is 15.2 Å². The number of oxime groups is 2. The number of nitrogens with zero attached hydrogens (tertiary/aromatic N) is 2. The van der Waals surface area contributed by atoms with Crippen LogP contribution in [0, 0.1) is 0 Å². The molecule has 0 spiro atoms. The van der Waals surface area contributed by atoms with E-state index in [1.807, 2.05) is 0 Å².